The number of phenols is 1. The summed E-state index contributed by atoms with van der Waals surface area (Å²) in [6.07, 6.45) is 5.94. The summed E-state index contributed by atoms with van der Waals surface area (Å²) < 4.78 is 10.6. The quantitative estimate of drug-likeness (QED) is 0.00651. The number of fused-ring (bicyclic) bond motifs is 2. The van der Waals surface area contributed by atoms with Crippen LogP contribution in [-0.4, -0.2) is 213 Å². The second kappa shape index (κ2) is 44.6. The van der Waals surface area contributed by atoms with E-state index in [4.69, 9.17) is 31.8 Å². The van der Waals surface area contributed by atoms with E-state index in [0.29, 0.717) is 83.0 Å². The molecule has 2 aromatic heterocycles. The first-order valence-electron chi connectivity index (χ1n) is 39.2. The van der Waals surface area contributed by atoms with Crippen molar-refractivity contribution in [1.82, 2.24) is 62.6 Å². The molecule has 2 aliphatic rings. The van der Waals surface area contributed by atoms with Crippen LogP contribution in [-0.2, 0) is 72.0 Å². The van der Waals surface area contributed by atoms with Crippen LogP contribution in [0.25, 0.3) is 21.9 Å². The van der Waals surface area contributed by atoms with Crippen molar-refractivity contribution >= 4 is 122 Å². The zero-order chi connectivity index (χ0) is 85.7. The zero-order valence-electron chi connectivity index (χ0n) is 66.2. The minimum Gasteiger partial charge on any atom is -0.508 e. The molecule has 0 radical (unpaired) electrons. The van der Waals surface area contributed by atoms with Gasteiger partial charge in [-0.25, -0.2) is 4.79 Å². The molecule has 0 bridgehead atoms. The fraction of sp³-hybridized carbons (Fsp3) is 0.481. The Labute approximate surface area is 683 Å². The van der Waals surface area contributed by atoms with Gasteiger partial charge in [-0.05, 0) is 168 Å². The van der Waals surface area contributed by atoms with Crippen LogP contribution in [0.2, 0.25) is 0 Å². The first-order chi connectivity index (χ1) is 56.5. The molecule has 2 fully saturated rings. The molecule has 10 unspecified atom stereocenters. The van der Waals surface area contributed by atoms with Crippen molar-refractivity contribution in [1.29, 1.82) is 5.41 Å². The van der Waals surface area contributed by atoms with Crippen LogP contribution in [0, 0.1) is 25.6 Å². The van der Waals surface area contributed by atoms with Gasteiger partial charge in [-0.3, -0.25) is 78.4 Å². The number of non-ortho nitro benzene ring substituents is 1. The van der Waals surface area contributed by atoms with E-state index in [-0.39, 0.29) is 133 Å². The number of amides is 11. The van der Waals surface area contributed by atoms with Crippen molar-refractivity contribution in [2.75, 3.05) is 57.2 Å². The number of thioether (sulfide) groups is 1. The maximum atomic E-state index is 15.0. The van der Waals surface area contributed by atoms with Gasteiger partial charge in [0, 0.05) is 79.7 Å². The lowest BCUT2D eigenvalue weighted by Gasteiger charge is -2.32. The molecule has 2 aliphatic heterocycles. The first-order valence-corrected chi connectivity index (χ1v) is 40.6. The van der Waals surface area contributed by atoms with Crippen molar-refractivity contribution in [2.45, 2.75) is 190 Å². The normalized spacial score (nSPS) is 15.8. The number of carbonyl (C=O) groups excluding carboxylic acids is 11. The van der Waals surface area contributed by atoms with Crippen LogP contribution in [0.15, 0.2) is 106 Å². The van der Waals surface area contributed by atoms with Gasteiger partial charge >= 0.3 is 5.63 Å². The average Bonchev–Trinajstić information content (AvgIpc) is 1.32. The van der Waals surface area contributed by atoms with Crippen LogP contribution in [0.1, 0.15) is 127 Å². The van der Waals surface area contributed by atoms with Gasteiger partial charge in [0.15, 0.2) is 5.96 Å². The number of likely N-dealkylation sites (tertiary alicyclic amines) is 2. The summed E-state index contributed by atoms with van der Waals surface area (Å²) in [5.74, 6) is -7.94. The molecule has 10 atom stereocenters. The standard InChI is InChI=1S/C79H105N19O19S/c1-5-15-57(71(104)93-62(39-48-44-86-54-17-7-6-16-52(48)54)74(107)91-58(31-37-118-4)72(105)89-56(69(81)102)18-9-11-33-84-55-30-25-49(97(112)113)42-65(55)98(114)115)90-70(103)45(2)87-73(106)61(38-46-23-26-50(99)27-24-46)94-76(109)64-22-14-36-96(64)78(111)60(19-8-10-32-80)92-75(108)63-21-13-35-95(63)77(110)59(20-12-34-85-79(82)83)88-67(100)40-47-41-68(101)117-66-43-51(116-3)28-29-53(47)66/h6-7,16-17,23-30,41-45,56-64,84,86,99H,5,8-15,18-22,31-40,80H2,1-4H3,(H2,81,102)(H,87,106)(H,88,100)(H,89,105)(H,90,103)(H,91,107)(H,92,108)(H,93,104)(H,94,109)(H4,82,83,85). The number of guanidine groups is 1. The third kappa shape index (κ3) is 26.0. The van der Waals surface area contributed by atoms with E-state index in [1.165, 1.54) is 78.1 Å². The number of rotatable bonds is 46. The highest BCUT2D eigenvalue weighted by Crippen LogP contribution is 2.31. The SMILES string of the molecule is CCCC(NC(=O)C(C)NC(=O)C(Cc1ccc(O)cc1)NC(=O)C1CCCN1C(=O)C(CCCCN)NC(=O)C1CCCN1C(=O)C(CCCNC(=N)N)NC(=O)Cc1cc(=O)oc2cc(OC)ccc12)C(=O)NC(Cc1c[nH]c2ccccc12)C(=O)NC(CCSC)C(=O)NC(CCCCNc1ccc([N+](=O)[O-])cc1[N+](=O)[O-])C(N)=O. The fourth-order valence-corrected chi connectivity index (χ4v) is 14.7. The number of ether oxygens (including phenoxy) is 1. The predicted molar refractivity (Wildman–Crippen MR) is 438 cm³/mol. The number of nitro benzene ring substituents is 2. The Balaban J connectivity index is 0.931. The minimum absolute atomic E-state index is 0.0129. The van der Waals surface area contributed by atoms with Gasteiger partial charge in [-0.2, -0.15) is 11.8 Å². The molecule has 38 nitrogen and oxygen atoms in total. The number of benzene rings is 4. The van der Waals surface area contributed by atoms with Gasteiger partial charge < -0.3 is 99.4 Å². The topological polar surface area (TPSA) is 578 Å². The number of H-pyrrole nitrogens is 1. The summed E-state index contributed by atoms with van der Waals surface area (Å²) >= 11 is 1.36. The van der Waals surface area contributed by atoms with Gasteiger partial charge in [0.1, 0.15) is 83.2 Å². The van der Waals surface area contributed by atoms with Gasteiger partial charge in [0.05, 0.1) is 29.4 Å². The smallest absolute Gasteiger partial charge is 0.336 e. The number of primary amides is 1. The van der Waals surface area contributed by atoms with E-state index in [9.17, 15) is 78.1 Å². The summed E-state index contributed by atoms with van der Waals surface area (Å²) in [7, 11) is 1.44. The number of carbonyl (C=O) groups is 11. The number of hydrogen-bond donors (Lipinski definition) is 16. The molecule has 0 saturated carbocycles. The van der Waals surface area contributed by atoms with Gasteiger partial charge in [0.25, 0.3) is 11.4 Å². The molecule has 11 amide bonds. The number of aromatic amines is 1. The molecule has 118 heavy (non-hydrogen) atoms. The lowest BCUT2D eigenvalue weighted by Crippen LogP contribution is -2.60. The Morgan fingerprint density at radius 1 is 0.644 bits per heavy atom. The fourth-order valence-electron chi connectivity index (χ4n) is 14.3. The lowest BCUT2D eigenvalue weighted by atomic mass is 10.0. The van der Waals surface area contributed by atoms with Crippen LogP contribution >= 0.6 is 11.8 Å². The highest BCUT2D eigenvalue weighted by molar-refractivity contribution is 7.98. The number of anilines is 1. The molecule has 636 valence electrons. The van der Waals surface area contributed by atoms with Crippen molar-refractivity contribution in [3.8, 4) is 11.5 Å². The minimum atomic E-state index is -1.44. The van der Waals surface area contributed by atoms with E-state index >= 15 is 4.79 Å². The van der Waals surface area contributed by atoms with Crippen LogP contribution < -0.4 is 80.7 Å². The van der Waals surface area contributed by atoms with Crippen molar-refractivity contribution in [3.05, 3.63) is 145 Å². The van der Waals surface area contributed by atoms with Gasteiger partial charge in [-0.15, -0.1) is 0 Å². The highest BCUT2D eigenvalue weighted by atomic mass is 32.2. The maximum absolute atomic E-state index is 15.0. The van der Waals surface area contributed by atoms with Crippen molar-refractivity contribution in [3.63, 3.8) is 0 Å². The summed E-state index contributed by atoms with van der Waals surface area (Å²) in [6, 6.07) is 9.25. The number of aromatic nitrogens is 1. The Hall–Kier alpha value is -12.4. The second-order valence-corrected chi connectivity index (χ2v) is 30.0. The number of unbranched alkanes of at least 4 members (excludes halogenated alkanes) is 2. The summed E-state index contributed by atoms with van der Waals surface area (Å²) in [6.45, 7) is 3.81. The predicted octanol–water partition coefficient (Wildman–Crippen LogP) is 2.43. The molecule has 6 aromatic rings. The molecular weight excluding hydrogens is 1550 g/mol. The van der Waals surface area contributed by atoms with Gasteiger partial charge in [-0.1, -0.05) is 43.7 Å². The molecule has 8 rings (SSSR count). The molecule has 2 saturated heterocycles. The number of nitrogens with one attached hydrogen (secondary N) is 12. The Morgan fingerprint density at radius 2 is 1.24 bits per heavy atom. The number of nitro groups is 2. The van der Waals surface area contributed by atoms with E-state index in [2.05, 4.69) is 58.2 Å². The van der Waals surface area contributed by atoms with E-state index in [1.54, 1.807) is 43.6 Å². The van der Waals surface area contributed by atoms with E-state index in [0.717, 1.165) is 12.1 Å². The largest absolute Gasteiger partial charge is 0.508 e. The third-order valence-corrected chi connectivity index (χ3v) is 21.1. The Bertz CT molecular complexity index is 4660. The van der Waals surface area contributed by atoms with Gasteiger partial charge in [0.2, 0.25) is 65.0 Å². The average molecular weight is 1660 g/mol. The summed E-state index contributed by atoms with van der Waals surface area (Å²) in [5, 5.41) is 69.5. The summed E-state index contributed by atoms with van der Waals surface area (Å²) in [5.41, 5.74) is 17.8. The molecule has 39 heteroatoms. The highest BCUT2D eigenvalue weighted by Gasteiger charge is 2.43. The van der Waals surface area contributed by atoms with Crippen LogP contribution in [0.4, 0.5) is 17.1 Å². The number of hydrogen-bond acceptors (Lipinski definition) is 23. The van der Waals surface area contributed by atoms with E-state index in [1.807, 2.05) is 12.1 Å². The number of aromatic hydroxyl groups is 1. The number of para-hydroxylation sites is 1. The monoisotopic (exact) mass is 1660 g/mol. The molecule has 19 N–H and O–H groups in total. The number of methoxy groups -OCH3 is 1. The molecule has 4 aromatic carbocycles. The zero-order valence-corrected chi connectivity index (χ0v) is 67.0. The lowest BCUT2D eigenvalue weighted by molar-refractivity contribution is -0.393. The van der Waals surface area contributed by atoms with Crippen molar-refractivity contribution in [2.24, 2.45) is 17.2 Å². The molecule has 0 spiro atoms. The third-order valence-electron chi connectivity index (χ3n) is 20.5. The Kier molecular flexibility index (Phi) is 34.4. The second-order valence-electron chi connectivity index (χ2n) is 29.0. The van der Waals surface area contributed by atoms with Crippen molar-refractivity contribution < 1.29 is 76.8 Å². The van der Waals surface area contributed by atoms with Crippen LogP contribution in [0.3, 0.4) is 0 Å². The molecule has 0 aliphatic carbocycles. The number of nitrogens with two attached hydrogens (primary N) is 3. The van der Waals surface area contributed by atoms with Crippen LogP contribution in [0.5, 0.6) is 11.5 Å². The number of nitrogens with zero attached hydrogens (tertiary/aromatic N) is 4. The number of phenolic OH excluding ortho intramolecular Hbond substituents is 1. The summed E-state index contributed by atoms with van der Waals surface area (Å²) in [4.78, 5) is 199. The Morgan fingerprint density at radius 3 is 1.87 bits per heavy atom. The molecular formula is C79H105N19O19S. The maximum Gasteiger partial charge on any atom is 0.336 e. The molecule has 4 heterocycles. The van der Waals surface area contributed by atoms with E-state index < -0.39 is 152 Å². The first kappa shape index (κ1) is 91.1.